The highest BCUT2D eigenvalue weighted by Gasteiger charge is 2.22. The number of hydrogen-bond acceptors (Lipinski definition) is 4. The first kappa shape index (κ1) is 14.5. The van der Waals surface area contributed by atoms with E-state index < -0.39 is 10.0 Å². The number of nitrogens with zero attached hydrogens (tertiary/aromatic N) is 1. The molecule has 2 rings (SSSR count). The quantitative estimate of drug-likeness (QED) is 0.867. The number of nitrogens with one attached hydrogen (secondary N) is 2. The molecule has 0 radical (unpaired) electrons. The Hall–Kier alpha value is -0.940. The van der Waals surface area contributed by atoms with E-state index in [4.69, 9.17) is 5.26 Å². The molecule has 0 amide bonds. The van der Waals surface area contributed by atoms with Crippen molar-refractivity contribution in [3.05, 3.63) is 28.2 Å². The summed E-state index contributed by atoms with van der Waals surface area (Å²) in [5, 5.41) is 12.1. The van der Waals surface area contributed by atoms with Crippen molar-refractivity contribution in [1.82, 2.24) is 10.0 Å². The van der Waals surface area contributed by atoms with Gasteiger partial charge >= 0.3 is 0 Å². The van der Waals surface area contributed by atoms with E-state index in [9.17, 15) is 8.42 Å². The van der Waals surface area contributed by atoms with E-state index in [1.165, 1.54) is 12.1 Å². The van der Waals surface area contributed by atoms with Crippen LogP contribution in [0.5, 0.6) is 0 Å². The molecule has 1 aliphatic heterocycles. The van der Waals surface area contributed by atoms with E-state index in [0.29, 0.717) is 10.0 Å². The van der Waals surface area contributed by atoms with Crippen molar-refractivity contribution in [2.24, 2.45) is 0 Å². The standard InChI is InChI=1S/C12H14BrN3O2S/c13-10-5-9(8-14)6-12(7-10)19(17,18)16-11-1-3-15-4-2-11/h5-7,11,15-16H,1-4H2. The molecule has 102 valence electrons. The molecule has 0 saturated carbocycles. The van der Waals surface area contributed by atoms with Gasteiger partial charge in [-0.15, -0.1) is 0 Å². The maximum Gasteiger partial charge on any atom is 0.240 e. The van der Waals surface area contributed by atoms with E-state index in [1.807, 2.05) is 6.07 Å². The number of halogens is 1. The molecule has 7 heteroatoms. The predicted octanol–water partition coefficient (Wildman–Crippen LogP) is 1.35. The summed E-state index contributed by atoms with van der Waals surface area (Å²) in [6.07, 6.45) is 1.55. The van der Waals surface area contributed by atoms with Crippen LogP contribution in [0.2, 0.25) is 0 Å². The van der Waals surface area contributed by atoms with Gasteiger partial charge in [0.05, 0.1) is 16.5 Å². The number of sulfonamides is 1. The van der Waals surface area contributed by atoms with Gasteiger partial charge in [-0.2, -0.15) is 5.26 Å². The van der Waals surface area contributed by atoms with Crippen LogP contribution < -0.4 is 10.0 Å². The molecule has 19 heavy (non-hydrogen) atoms. The van der Waals surface area contributed by atoms with E-state index in [2.05, 4.69) is 26.0 Å². The maximum absolute atomic E-state index is 12.3. The van der Waals surface area contributed by atoms with Gasteiger partial charge in [-0.3, -0.25) is 0 Å². The molecule has 1 aromatic rings. The van der Waals surface area contributed by atoms with Crippen LogP contribution in [0.4, 0.5) is 0 Å². The van der Waals surface area contributed by atoms with E-state index in [0.717, 1.165) is 25.9 Å². The summed E-state index contributed by atoms with van der Waals surface area (Å²) in [6.45, 7) is 1.63. The molecule has 1 heterocycles. The summed E-state index contributed by atoms with van der Waals surface area (Å²) in [5.41, 5.74) is 0.320. The first-order chi connectivity index (χ1) is 9.01. The average Bonchev–Trinajstić information content (AvgIpc) is 2.38. The van der Waals surface area contributed by atoms with Crippen LogP contribution in [-0.2, 0) is 10.0 Å². The van der Waals surface area contributed by atoms with Gasteiger partial charge in [0.2, 0.25) is 10.0 Å². The van der Waals surface area contributed by atoms with Crippen LogP contribution in [0.3, 0.4) is 0 Å². The topological polar surface area (TPSA) is 82.0 Å². The summed E-state index contributed by atoms with van der Waals surface area (Å²) < 4.78 is 27.8. The molecule has 2 N–H and O–H groups in total. The highest BCUT2D eigenvalue weighted by Crippen LogP contribution is 2.20. The second-order valence-electron chi connectivity index (χ2n) is 4.43. The monoisotopic (exact) mass is 343 g/mol. The minimum absolute atomic E-state index is 0.0456. The minimum Gasteiger partial charge on any atom is -0.317 e. The summed E-state index contributed by atoms with van der Waals surface area (Å²) in [5.74, 6) is 0. The van der Waals surface area contributed by atoms with Crippen molar-refractivity contribution in [3.8, 4) is 6.07 Å². The highest BCUT2D eigenvalue weighted by molar-refractivity contribution is 9.10. The largest absolute Gasteiger partial charge is 0.317 e. The highest BCUT2D eigenvalue weighted by atomic mass is 79.9. The van der Waals surface area contributed by atoms with Gasteiger partial charge in [0.25, 0.3) is 0 Å². The Morgan fingerprint density at radius 2 is 2.00 bits per heavy atom. The smallest absolute Gasteiger partial charge is 0.240 e. The fourth-order valence-corrected chi connectivity index (χ4v) is 4.03. The molecule has 0 spiro atoms. The second-order valence-corrected chi connectivity index (χ2v) is 7.06. The van der Waals surface area contributed by atoms with Crippen LogP contribution in [0.1, 0.15) is 18.4 Å². The Morgan fingerprint density at radius 3 is 2.63 bits per heavy atom. The van der Waals surface area contributed by atoms with Gasteiger partial charge in [0.15, 0.2) is 0 Å². The van der Waals surface area contributed by atoms with Gasteiger partial charge in [-0.1, -0.05) is 15.9 Å². The van der Waals surface area contributed by atoms with Crippen molar-refractivity contribution in [2.75, 3.05) is 13.1 Å². The van der Waals surface area contributed by atoms with Crippen LogP contribution in [0.25, 0.3) is 0 Å². The Kier molecular flexibility index (Phi) is 4.58. The SMILES string of the molecule is N#Cc1cc(Br)cc(S(=O)(=O)NC2CCNCC2)c1. The van der Waals surface area contributed by atoms with Crippen LogP contribution in [-0.4, -0.2) is 27.5 Å². The van der Waals surface area contributed by atoms with Gasteiger partial charge in [0, 0.05) is 10.5 Å². The number of rotatable bonds is 3. The number of nitriles is 1. The first-order valence-corrected chi connectivity index (χ1v) is 8.22. The Labute approximate surface area is 121 Å². The third-order valence-electron chi connectivity index (χ3n) is 2.97. The number of piperidine rings is 1. The number of hydrogen-bond donors (Lipinski definition) is 2. The summed E-state index contributed by atoms with van der Waals surface area (Å²) >= 11 is 3.22. The lowest BCUT2D eigenvalue weighted by Crippen LogP contribution is -2.42. The number of benzene rings is 1. The molecule has 1 aromatic carbocycles. The lowest BCUT2D eigenvalue weighted by molar-refractivity contribution is 0.427. The summed E-state index contributed by atoms with van der Waals surface area (Å²) in [6, 6.07) is 6.38. The van der Waals surface area contributed by atoms with Crippen molar-refractivity contribution < 1.29 is 8.42 Å². The van der Waals surface area contributed by atoms with Crippen LogP contribution in [0.15, 0.2) is 27.6 Å². The van der Waals surface area contributed by atoms with E-state index >= 15 is 0 Å². The second kappa shape index (κ2) is 6.01. The molecular formula is C12H14BrN3O2S. The zero-order valence-corrected chi connectivity index (χ0v) is 12.6. The van der Waals surface area contributed by atoms with Gasteiger partial charge in [-0.25, -0.2) is 13.1 Å². The first-order valence-electron chi connectivity index (χ1n) is 5.95. The summed E-state index contributed by atoms with van der Waals surface area (Å²) in [4.78, 5) is 0.122. The van der Waals surface area contributed by atoms with Crippen molar-refractivity contribution in [1.29, 1.82) is 5.26 Å². The molecular weight excluding hydrogens is 330 g/mol. The van der Waals surface area contributed by atoms with Gasteiger partial charge in [0.1, 0.15) is 0 Å². The molecule has 0 aromatic heterocycles. The average molecular weight is 344 g/mol. The van der Waals surface area contributed by atoms with E-state index in [1.54, 1.807) is 6.07 Å². The van der Waals surface area contributed by atoms with E-state index in [-0.39, 0.29) is 10.9 Å². The molecule has 1 fully saturated rings. The Morgan fingerprint density at radius 1 is 1.32 bits per heavy atom. The molecule has 0 unspecified atom stereocenters. The third kappa shape index (κ3) is 3.76. The minimum atomic E-state index is -3.57. The lowest BCUT2D eigenvalue weighted by atomic mass is 10.1. The van der Waals surface area contributed by atoms with Gasteiger partial charge in [-0.05, 0) is 44.1 Å². The molecule has 0 atom stereocenters. The predicted molar refractivity (Wildman–Crippen MR) is 75.1 cm³/mol. The van der Waals surface area contributed by atoms with Crippen molar-refractivity contribution in [2.45, 2.75) is 23.8 Å². The van der Waals surface area contributed by atoms with Crippen LogP contribution >= 0.6 is 15.9 Å². The Balaban J connectivity index is 2.23. The van der Waals surface area contributed by atoms with Gasteiger partial charge < -0.3 is 5.32 Å². The van der Waals surface area contributed by atoms with Crippen molar-refractivity contribution in [3.63, 3.8) is 0 Å². The maximum atomic E-state index is 12.3. The molecule has 0 aliphatic carbocycles. The Bertz CT molecular complexity index is 604. The third-order valence-corrected chi connectivity index (χ3v) is 4.93. The molecule has 0 bridgehead atoms. The fraction of sp³-hybridized carbons (Fsp3) is 0.417. The normalized spacial score (nSPS) is 17.1. The molecule has 1 aliphatic rings. The molecule has 1 saturated heterocycles. The zero-order valence-electron chi connectivity index (χ0n) is 10.2. The summed E-state index contributed by atoms with van der Waals surface area (Å²) in [7, 11) is -3.57. The zero-order chi connectivity index (χ0) is 13.9. The fourth-order valence-electron chi connectivity index (χ4n) is 2.01. The van der Waals surface area contributed by atoms with Crippen LogP contribution in [0, 0.1) is 11.3 Å². The lowest BCUT2D eigenvalue weighted by Gasteiger charge is -2.23. The molecule has 5 nitrogen and oxygen atoms in total. The van der Waals surface area contributed by atoms with Crippen molar-refractivity contribution >= 4 is 26.0 Å².